The van der Waals surface area contributed by atoms with Crippen LogP contribution in [0.25, 0.3) is 28.0 Å². The summed E-state index contributed by atoms with van der Waals surface area (Å²) < 4.78 is 2.11. The molecule has 2 aromatic heterocycles. The van der Waals surface area contributed by atoms with Gasteiger partial charge in [-0.1, -0.05) is 61.0 Å². The molecule has 0 spiro atoms. The van der Waals surface area contributed by atoms with Crippen molar-refractivity contribution in [1.29, 1.82) is 0 Å². The van der Waals surface area contributed by atoms with Crippen LogP contribution < -0.4 is 5.32 Å². The zero-order valence-electron chi connectivity index (χ0n) is 17.8. The van der Waals surface area contributed by atoms with Crippen molar-refractivity contribution >= 4 is 23.2 Å². The van der Waals surface area contributed by atoms with Crippen LogP contribution in [0.15, 0.2) is 72.9 Å². The summed E-state index contributed by atoms with van der Waals surface area (Å²) in [5.74, 6) is 0.0607. The van der Waals surface area contributed by atoms with E-state index in [-0.39, 0.29) is 11.9 Å². The van der Waals surface area contributed by atoms with E-state index < -0.39 is 0 Å². The second kappa shape index (κ2) is 9.36. The molecule has 0 aliphatic heterocycles. The Balaban J connectivity index is 1.75. The summed E-state index contributed by atoms with van der Waals surface area (Å²) in [7, 11) is 0. The molecule has 0 aliphatic carbocycles. The number of nitrogens with zero attached hydrogens (tertiary/aromatic N) is 2. The lowest BCUT2D eigenvalue weighted by Crippen LogP contribution is -2.32. The van der Waals surface area contributed by atoms with E-state index in [0.717, 1.165) is 40.1 Å². The fourth-order valence-corrected chi connectivity index (χ4v) is 3.78. The molecule has 2 heterocycles. The summed E-state index contributed by atoms with van der Waals surface area (Å²) in [4.78, 5) is 17.4. The number of carbonyl (C=O) groups excluding carboxylic acids is 1. The normalized spacial score (nSPS) is 12.1. The summed E-state index contributed by atoms with van der Waals surface area (Å²) in [5.41, 5.74) is 6.02. The first kappa shape index (κ1) is 21.1. The first-order valence-electron chi connectivity index (χ1n) is 10.7. The third kappa shape index (κ3) is 4.80. The lowest BCUT2D eigenvalue weighted by molar-refractivity contribution is -0.121. The highest BCUT2D eigenvalue weighted by Gasteiger charge is 2.17. The van der Waals surface area contributed by atoms with Crippen molar-refractivity contribution < 1.29 is 4.79 Å². The molecule has 1 atom stereocenters. The van der Waals surface area contributed by atoms with Crippen LogP contribution in [0.4, 0.5) is 0 Å². The standard InChI is InChI=1S/C26H26ClN3O/c1-3-18(2)28-25(31)16-14-23-26(20-9-12-22(27)13-10-20)29-24-15-11-21(17-30(23)24)19-7-5-4-6-8-19/h4-13,15,17-18H,3,14,16H2,1-2H3,(H,28,31). The van der Waals surface area contributed by atoms with E-state index in [2.05, 4.69) is 41.0 Å². The lowest BCUT2D eigenvalue weighted by Gasteiger charge is -2.12. The van der Waals surface area contributed by atoms with Crippen molar-refractivity contribution in [2.24, 2.45) is 0 Å². The van der Waals surface area contributed by atoms with Crippen molar-refractivity contribution in [3.63, 3.8) is 0 Å². The second-order valence-corrected chi connectivity index (χ2v) is 8.24. The third-order valence-electron chi connectivity index (χ3n) is 5.55. The van der Waals surface area contributed by atoms with Crippen LogP contribution in [0.2, 0.25) is 5.02 Å². The summed E-state index contributed by atoms with van der Waals surface area (Å²) in [6.45, 7) is 4.09. The molecule has 1 unspecified atom stereocenters. The number of hydrogen-bond acceptors (Lipinski definition) is 2. The van der Waals surface area contributed by atoms with E-state index in [1.54, 1.807) is 0 Å². The van der Waals surface area contributed by atoms with Crippen molar-refractivity contribution in [3.8, 4) is 22.4 Å². The average molecular weight is 432 g/mol. The molecule has 2 aromatic carbocycles. The van der Waals surface area contributed by atoms with Gasteiger partial charge in [0.25, 0.3) is 0 Å². The first-order valence-corrected chi connectivity index (χ1v) is 11.0. The van der Waals surface area contributed by atoms with Gasteiger partial charge >= 0.3 is 0 Å². The van der Waals surface area contributed by atoms with Gasteiger partial charge < -0.3 is 9.72 Å². The highest BCUT2D eigenvalue weighted by atomic mass is 35.5. The number of fused-ring (bicyclic) bond motifs is 1. The maximum Gasteiger partial charge on any atom is 0.220 e. The van der Waals surface area contributed by atoms with E-state index in [0.29, 0.717) is 17.9 Å². The predicted molar refractivity (Wildman–Crippen MR) is 127 cm³/mol. The van der Waals surface area contributed by atoms with E-state index in [1.165, 1.54) is 0 Å². The molecule has 1 N–H and O–H groups in total. The Hall–Kier alpha value is -3.11. The third-order valence-corrected chi connectivity index (χ3v) is 5.80. The molecule has 0 fully saturated rings. The Morgan fingerprint density at radius 2 is 1.71 bits per heavy atom. The monoisotopic (exact) mass is 431 g/mol. The minimum absolute atomic E-state index is 0.0607. The molecule has 0 aliphatic rings. The zero-order chi connectivity index (χ0) is 21.8. The molecule has 4 nitrogen and oxygen atoms in total. The molecular formula is C26H26ClN3O. The first-order chi connectivity index (χ1) is 15.0. The lowest BCUT2D eigenvalue weighted by atomic mass is 10.1. The van der Waals surface area contributed by atoms with Crippen LogP contribution in [-0.2, 0) is 11.2 Å². The van der Waals surface area contributed by atoms with Crippen LogP contribution in [0.5, 0.6) is 0 Å². The number of halogens is 1. The summed E-state index contributed by atoms with van der Waals surface area (Å²) >= 11 is 6.09. The van der Waals surface area contributed by atoms with E-state index in [9.17, 15) is 4.79 Å². The van der Waals surface area contributed by atoms with Gasteiger partial charge in [0.2, 0.25) is 5.91 Å². The summed E-state index contributed by atoms with van der Waals surface area (Å²) in [6, 6.07) is 22.3. The summed E-state index contributed by atoms with van der Waals surface area (Å²) in [6.07, 6.45) is 4.03. The number of rotatable bonds is 7. The number of amides is 1. The molecule has 0 bridgehead atoms. The van der Waals surface area contributed by atoms with Gasteiger partial charge in [-0.25, -0.2) is 4.98 Å². The number of aryl methyl sites for hydroxylation is 1. The Morgan fingerprint density at radius 1 is 1.00 bits per heavy atom. The molecular weight excluding hydrogens is 406 g/mol. The predicted octanol–water partition coefficient (Wildman–Crippen LogP) is 6.17. The minimum atomic E-state index is 0.0607. The number of pyridine rings is 1. The Morgan fingerprint density at radius 3 is 2.42 bits per heavy atom. The smallest absolute Gasteiger partial charge is 0.220 e. The van der Waals surface area contributed by atoms with Crippen molar-refractivity contribution in [3.05, 3.63) is 83.6 Å². The molecule has 5 heteroatoms. The van der Waals surface area contributed by atoms with Crippen LogP contribution >= 0.6 is 11.6 Å². The Labute approximate surface area is 187 Å². The molecule has 0 saturated heterocycles. The van der Waals surface area contributed by atoms with Gasteiger partial charge in [0.05, 0.1) is 11.4 Å². The molecule has 1 amide bonds. The van der Waals surface area contributed by atoms with Gasteiger partial charge in [0.15, 0.2) is 0 Å². The van der Waals surface area contributed by atoms with Gasteiger partial charge in [-0.15, -0.1) is 0 Å². The fraction of sp³-hybridized carbons (Fsp3) is 0.231. The largest absolute Gasteiger partial charge is 0.354 e. The fourth-order valence-electron chi connectivity index (χ4n) is 3.65. The van der Waals surface area contributed by atoms with Gasteiger partial charge in [0, 0.05) is 29.2 Å². The molecule has 158 valence electrons. The molecule has 0 radical (unpaired) electrons. The Kier molecular flexibility index (Phi) is 6.38. The SMILES string of the molecule is CCC(C)NC(=O)CCc1c(-c2ccc(Cl)cc2)nc2ccc(-c3ccccc3)cn12. The molecule has 4 aromatic rings. The topological polar surface area (TPSA) is 46.4 Å². The van der Waals surface area contributed by atoms with Crippen LogP contribution in [0.3, 0.4) is 0 Å². The number of nitrogens with one attached hydrogen (secondary N) is 1. The molecule has 4 rings (SSSR count). The minimum Gasteiger partial charge on any atom is -0.354 e. The maximum atomic E-state index is 12.5. The van der Waals surface area contributed by atoms with Gasteiger partial charge in [-0.3, -0.25) is 4.79 Å². The maximum absolute atomic E-state index is 12.5. The average Bonchev–Trinajstić information content (AvgIpc) is 3.16. The van der Waals surface area contributed by atoms with Crippen LogP contribution in [0.1, 0.15) is 32.4 Å². The number of aromatic nitrogens is 2. The molecule has 0 saturated carbocycles. The summed E-state index contributed by atoms with van der Waals surface area (Å²) in [5, 5.41) is 3.75. The number of carbonyl (C=O) groups is 1. The van der Waals surface area contributed by atoms with Crippen molar-refractivity contribution in [2.75, 3.05) is 0 Å². The molecule has 31 heavy (non-hydrogen) atoms. The van der Waals surface area contributed by atoms with Crippen molar-refractivity contribution in [2.45, 2.75) is 39.2 Å². The highest BCUT2D eigenvalue weighted by molar-refractivity contribution is 6.30. The highest BCUT2D eigenvalue weighted by Crippen LogP contribution is 2.29. The van der Waals surface area contributed by atoms with Gasteiger partial charge in [-0.05, 0) is 55.2 Å². The van der Waals surface area contributed by atoms with E-state index in [1.807, 2.05) is 55.5 Å². The van der Waals surface area contributed by atoms with Crippen LogP contribution in [-0.4, -0.2) is 21.3 Å². The van der Waals surface area contributed by atoms with Gasteiger partial charge in [0.1, 0.15) is 5.65 Å². The van der Waals surface area contributed by atoms with E-state index >= 15 is 0 Å². The van der Waals surface area contributed by atoms with Crippen molar-refractivity contribution in [1.82, 2.24) is 14.7 Å². The number of benzene rings is 2. The second-order valence-electron chi connectivity index (χ2n) is 7.80. The number of imidazole rings is 1. The zero-order valence-corrected chi connectivity index (χ0v) is 18.6. The Bertz CT molecular complexity index is 1180. The number of hydrogen-bond donors (Lipinski definition) is 1. The van der Waals surface area contributed by atoms with Crippen LogP contribution in [0, 0.1) is 0 Å². The quantitative estimate of drug-likeness (QED) is 0.380. The van der Waals surface area contributed by atoms with Gasteiger partial charge in [-0.2, -0.15) is 0 Å². The van der Waals surface area contributed by atoms with E-state index in [4.69, 9.17) is 16.6 Å².